The molecule has 58 valence electrons. The van der Waals surface area contributed by atoms with Gasteiger partial charge in [-0.3, -0.25) is 0 Å². The minimum absolute atomic E-state index is 0.403. The highest BCUT2D eigenvalue weighted by molar-refractivity contribution is 9.15. The topological polar surface area (TPSA) is 0 Å². The summed E-state index contributed by atoms with van der Waals surface area (Å²) in [5.74, 6) is 0. The smallest absolute Gasteiger partial charge is 0.101 e. The lowest BCUT2D eigenvalue weighted by molar-refractivity contribution is 0.726. The third-order valence-corrected chi connectivity index (χ3v) is 2.06. The molecule has 0 saturated heterocycles. The second-order valence-corrected chi connectivity index (χ2v) is 3.26. The van der Waals surface area contributed by atoms with Crippen LogP contribution in [0.4, 0.5) is 4.39 Å². The maximum Gasteiger partial charge on any atom is 0.101 e. The molecule has 11 heavy (non-hydrogen) atoms. The highest BCUT2D eigenvalue weighted by Gasteiger charge is 1.96. The molecular weight excluding hydrogens is 230 g/mol. The summed E-state index contributed by atoms with van der Waals surface area (Å²) in [7, 11) is 0. The van der Waals surface area contributed by atoms with Gasteiger partial charge in [0.1, 0.15) is 6.33 Å². The number of benzene rings is 1. The van der Waals surface area contributed by atoms with E-state index >= 15 is 0 Å². The summed E-state index contributed by atoms with van der Waals surface area (Å²) in [6, 6.07) is 6.96. The van der Waals surface area contributed by atoms with Crippen LogP contribution in [0, 0.1) is 0 Å². The molecule has 1 rings (SSSR count). The van der Waals surface area contributed by atoms with Crippen LogP contribution in [-0.4, -0.2) is 0 Å². The van der Waals surface area contributed by atoms with E-state index in [1.807, 2.05) is 0 Å². The van der Waals surface area contributed by atoms with Gasteiger partial charge in [0.05, 0.1) is 4.48 Å². The Labute approximate surface area is 77.8 Å². The molecule has 0 unspecified atom stereocenters. The summed E-state index contributed by atoms with van der Waals surface area (Å²) in [4.78, 5) is 0. The Morgan fingerprint density at radius 3 is 2.82 bits per heavy atom. The zero-order valence-electron chi connectivity index (χ0n) is 5.52. The van der Waals surface area contributed by atoms with Gasteiger partial charge in [-0.05, 0) is 33.6 Å². The molecule has 0 nitrogen and oxygen atoms in total. The summed E-state index contributed by atoms with van der Waals surface area (Å²) >= 11 is 8.72. The van der Waals surface area contributed by atoms with Crippen LogP contribution in [0.5, 0.6) is 0 Å². The third kappa shape index (κ3) is 2.31. The van der Waals surface area contributed by atoms with Crippen molar-refractivity contribution in [2.75, 3.05) is 0 Å². The Kier molecular flexibility index (Phi) is 3.09. The van der Waals surface area contributed by atoms with Gasteiger partial charge in [-0.25, -0.2) is 4.39 Å². The predicted molar refractivity (Wildman–Crippen MR) is 49.5 cm³/mol. The Bertz CT molecular complexity index is 283. The molecule has 0 amide bonds. The van der Waals surface area contributed by atoms with Crippen molar-refractivity contribution in [2.45, 2.75) is 0 Å². The third-order valence-electron chi connectivity index (χ3n) is 1.20. The number of hydrogen-bond acceptors (Lipinski definition) is 0. The zero-order valence-corrected chi connectivity index (χ0v) is 7.86. The predicted octanol–water partition coefficient (Wildman–Crippen LogP) is 4.00. The molecule has 1 aromatic rings. The lowest BCUT2D eigenvalue weighted by atomic mass is 10.2. The number of hydrogen-bond donors (Lipinski definition) is 0. The average Bonchev–Trinajstić information content (AvgIpc) is 2.03. The van der Waals surface area contributed by atoms with Crippen LogP contribution in [0.3, 0.4) is 0 Å². The molecule has 0 aliphatic heterocycles. The van der Waals surface area contributed by atoms with Crippen LogP contribution < -0.4 is 0 Å². The van der Waals surface area contributed by atoms with Crippen LogP contribution in [0.15, 0.2) is 30.6 Å². The summed E-state index contributed by atoms with van der Waals surface area (Å²) < 4.78 is 12.4. The fraction of sp³-hybridized carbons (Fsp3) is 0. The van der Waals surface area contributed by atoms with Gasteiger partial charge in [-0.15, -0.1) is 0 Å². The second kappa shape index (κ2) is 3.88. The van der Waals surface area contributed by atoms with E-state index in [0.29, 0.717) is 15.8 Å². The van der Waals surface area contributed by atoms with Gasteiger partial charge in [-0.1, -0.05) is 23.7 Å². The first-order chi connectivity index (χ1) is 5.24. The molecule has 0 heterocycles. The Hall–Kier alpha value is -0.340. The molecule has 3 heteroatoms. The highest BCUT2D eigenvalue weighted by atomic mass is 79.9. The van der Waals surface area contributed by atoms with Gasteiger partial charge >= 0.3 is 0 Å². The van der Waals surface area contributed by atoms with Crippen molar-refractivity contribution < 1.29 is 4.39 Å². The van der Waals surface area contributed by atoms with Gasteiger partial charge in [0.25, 0.3) is 0 Å². The van der Waals surface area contributed by atoms with Crippen molar-refractivity contribution in [3.05, 3.63) is 41.2 Å². The fourth-order valence-corrected chi connectivity index (χ4v) is 1.14. The molecule has 0 aliphatic rings. The van der Waals surface area contributed by atoms with E-state index in [4.69, 9.17) is 11.6 Å². The Balaban J connectivity index is 3.06. The number of rotatable bonds is 1. The van der Waals surface area contributed by atoms with E-state index in [1.54, 1.807) is 24.3 Å². The van der Waals surface area contributed by atoms with Crippen LogP contribution in [0.2, 0.25) is 5.02 Å². The van der Waals surface area contributed by atoms with Crippen molar-refractivity contribution in [3.8, 4) is 0 Å². The quantitative estimate of drug-likeness (QED) is 0.690. The van der Waals surface area contributed by atoms with E-state index in [2.05, 4.69) is 15.9 Å². The SMILES string of the molecule is F/C=C(/Br)c1cccc(Cl)c1. The summed E-state index contributed by atoms with van der Waals surface area (Å²) in [5, 5.41) is 0.598. The molecule has 0 aliphatic carbocycles. The van der Waals surface area contributed by atoms with Crippen molar-refractivity contribution in [1.82, 2.24) is 0 Å². The molecular formula is C8H5BrClF. The normalized spacial score (nSPS) is 11.7. The first kappa shape index (κ1) is 8.75. The van der Waals surface area contributed by atoms with Crippen molar-refractivity contribution in [1.29, 1.82) is 0 Å². The van der Waals surface area contributed by atoms with Crippen LogP contribution >= 0.6 is 27.5 Å². The molecule has 0 radical (unpaired) electrons. The lowest BCUT2D eigenvalue weighted by Gasteiger charge is -1.96. The largest absolute Gasteiger partial charge is 0.214 e. The van der Waals surface area contributed by atoms with Gasteiger partial charge in [0, 0.05) is 5.02 Å². The van der Waals surface area contributed by atoms with Gasteiger partial charge in [-0.2, -0.15) is 0 Å². The minimum Gasteiger partial charge on any atom is -0.214 e. The molecule has 0 aromatic heterocycles. The monoisotopic (exact) mass is 234 g/mol. The average molecular weight is 235 g/mol. The van der Waals surface area contributed by atoms with Crippen molar-refractivity contribution >= 4 is 32.0 Å². The van der Waals surface area contributed by atoms with E-state index in [0.717, 1.165) is 5.56 Å². The molecule has 0 N–H and O–H groups in total. The Morgan fingerprint density at radius 1 is 1.55 bits per heavy atom. The first-order valence-corrected chi connectivity index (χ1v) is 4.13. The van der Waals surface area contributed by atoms with E-state index in [-0.39, 0.29) is 0 Å². The number of halogens is 3. The maximum atomic E-state index is 12.0. The molecule has 0 saturated carbocycles. The summed E-state index contributed by atoms with van der Waals surface area (Å²) in [5.41, 5.74) is 0.736. The second-order valence-electron chi connectivity index (χ2n) is 1.97. The molecule has 0 atom stereocenters. The summed E-state index contributed by atoms with van der Waals surface area (Å²) in [6.45, 7) is 0. The first-order valence-electron chi connectivity index (χ1n) is 2.96. The summed E-state index contributed by atoms with van der Waals surface area (Å²) in [6.07, 6.45) is 0.492. The van der Waals surface area contributed by atoms with Crippen molar-refractivity contribution in [2.24, 2.45) is 0 Å². The van der Waals surface area contributed by atoms with Crippen molar-refractivity contribution in [3.63, 3.8) is 0 Å². The van der Waals surface area contributed by atoms with E-state index < -0.39 is 0 Å². The zero-order chi connectivity index (χ0) is 8.27. The standard InChI is InChI=1S/C8H5BrClF/c9-8(5-11)6-2-1-3-7(10)4-6/h1-5H/b8-5+. The minimum atomic E-state index is 0.403. The van der Waals surface area contributed by atoms with Crippen LogP contribution in [0.1, 0.15) is 5.56 Å². The highest BCUT2D eigenvalue weighted by Crippen LogP contribution is 2.23. The van der Waals surface area contributed by atoms with E-state index in [1.165, 1.54) is 0 Å². The van der Waals surface area contributed by atoms with E-state index in [9.17, 15) is 4.39 Å². The Morgan fingerprint density at radius 2 is 2.27 bits per heavy atom. The molecule has 0 fully saturated rings. The maximum absolute atomic E-state index is 12.0. The molecule has 0 bridgehead atoms. The van der Waals surface area contributed by atoms with Crippen LogP contribution in [-0.2, 0) is 0 Å². The fourth-order valence-electron chi connectivity index (χ4n) is 0.700. The molecule has 1 aromatic carbocycles. The lowest BCUT2D eigenvalue weighted by Crippen LogP contribution is -1.74. The molecule has 0 spiro atoms. The van der Waals surface area contributed by atoms with Gasteiger partial charge in [0.15, 0.2) is 0 Å². The van der Waals surface area contributed by atoms with Gasteiger partial charge < -0.3 is 0 Å². The van der Waals surface area contributed by atoms with Gasteiger partial charge in [0.2, 0.25) is 0 Å². The van der Waals surface area contributed by atoms with Crippen LogP contribution in [0.25, 0.3) is 4.48 Å².